The number of carbonyl (C=O) groups is 2. The molecule has 0 aliphatic rings. The van der Waals surface area contributed by atoms with Crippen molar-refractivity contribution in [3.05, 3.63) is 88.4 Å². The highest BCUT2D eigenvalue weighted by atomic mass is 35.5. The van der Waals surface area contributed by atoms with Crippen LogP contribution >= 0.6 is 11.6 Å². The van der Waals surface area contributed by atoms with Gasteiger partial charge in [0.05, 0.1) is 26.0 Å². The topological polar surface area (TPSA) is 86.2 Å². The van der Waals surface area contributed by atoms with Crippen molar-refractivity contribution >= 4 is 29.7 Å². The molecule has 0 heterocycles. The minimum absolute atomic E-state index is 0.357. The molecule has 0 unspecified atom stereocenters. The number of nitrogens with one attached hydrogen (secondary N) is 1. The summed E-state index contributed by atoms with van der Waals surface area (Å²) in [6.45, 7) is 0. The van der Waals surface area contributed by atoms with E-state index in [-0.39, 0.29) is 0 Å². The summed E-state index contributed by atoms with van der Waals surface area (Å²) >= 11 is 5.89. The smallest absolute Gasteiger partial charge is 0.343 e. The third-order valence-corrected chi connectivity index (χ3v) is 4.41. The van der Waals surface area contributed by atoms with Crippen molar-refractivity contribution in [2.45, 2.75) is 0 Å². The maximum atomic E-state index is 12.2. The first-order chi connectivity index (χ1) is 15.0. The fourth-order valence-corrected chi connectivity index (χ4v) is 2.80. The van der Waals surface area contributed by atoms with Gasteiger partial charge in [0.1, 0.15) is 5.75 Å². The molecule has 0 bridgehead atoms. The van der Waals surface area contributed by atoms with Crippen LogP contribution in [0.2, 0.25) is 5.02 Å². The summed E-state index contributed by atoms with van der Waals surface area (Å²) < 4.78 is 15.7. The number of ether oxygens (including phenoxy) is 3. The molecule has 158 valence electrons. The maximum absolute atomic E-state index is 12.2. The van der Waals surface area contributed by atoms with Crippen LogP contribution in [0.4, 0.5) is 0 Å². The standard InChI is InChI=1S/C23H19ClN2O5/c1-29-20-11-8-16(13-21(20)30-2)22(27)26-25-14-15-6-9-19(10-7-15)31-23(28)17-4-3-5-18(24)12-17/h3-14H,1-2H3,(H,26,27)/b25-14+. The van der Waals surface area contributed by atoms with E-state index in [1.54, 1.807) is 60.7 Å². The van der Waals surface area contributed by atoms with Crippen molar-refractivity contribution in [1.82, 2.24) is 5.43 Å². The highest BCUT2D eigenvalue weighted by molar-refractivity contribution is 6.30. The zero-order valence-electron chi connectivity index (χ0n) is 16.8. The Labute approximate surface area is 184 Å². The normalized spacial score (nSPS) is 10.5. The number of hydrazone groups is 1. The lowest BCUT2D eigenvalue weighted by Crippen LogP contribution is -2.17. The quantitative estimate of drug-likeness (QED) is 0.256. The highest BCUT2D eigenvalue weighted by Crippen LogP contribution is 2.27. The predicted molar refractivity (Wildman–Crippen MR) is 117 cm³/mol. The van der Waals surface area contributed by atoms with Crippen molar-refractivity contribution in [2.24, 2.45) is 5.10 Å². The number of nitrogens with zero attached hydrogens (tertiary/aromatic N) is 1. The molecule has 0 atom stereocenters. The molecule has 0 aromatic heterocycles. The number of carbonyl (C=O) groups excluding carboxylic acids is 2. The second-order valence-electron chi connectivity index (χ2n) is 6.24. The van der Waals surface area contributed by atoms with Gasteiger partial charge in [-0.3, -0.25) is 4.79 Å². The lowest BCUT2D eigenvalue weighted by molar-refractivity contribution is 0.0734. The Kier molecular flexibility index (Phi) is 7.24. The van der Waals surface area contributed by atoms with E-state index < -0.39 is 11.9 Å². The van der Waals surface area contributed by atoms with Crippen molar-refractivity contribution in [2.75, 3.05) is 14.2 Å². The van der Waals surface area contributed by atoms with Gasteiger partial charge in [0.2, 0.25) is 0 Å². The summed E-state index contributed by atoms with van der Waals surface area (Å²) in [6.07, 6.45) is 1.47. The molecule has 0 spiro atoms. The molecule has 0 fully saturated rings. The second-order valence-corrected chi connectivity index (χ2v) is 6.67. The van der Waals surface area contributed by atoms with Crippen LogP contribution in [0.15, 0.2) is 71.8 Å². The minimum Gasteiger partial charge on any atom is -0.493 e. The third-order valence-electron chi connectivity index (χ3n) is 4.18. The van der Waals surface area contributed by atoms with Crippen LogP contribution in [0.25, 0.3) is 0 Å². The molecule has 7 nitrogen and oxygen atoms in total. The van der Waals surface area contributed by atoms with E-state index in [1.807, 2.05) is 0 Å². The van der Waals surface area contributed by atoms with Gasteiger partial charge in [-0.05, 0) is 66.2 Å². The second kappa shape index (κ2) is 10.3. The van der Waals surface area contributed by atoms with Crippen LogP contribution in [0.5, 0.6) is 17.2 Å². The van der Waals surface area contributed by atoms with Gasteiger partial charge in [0, 0.05) is 10.6 Å². The minimum atomic E-state index is -0.508. The van der Waals surface area contributed by atoms with Crippen molar-refractivity contribution < 1.29 is 23.8 Å². The number of amides is 1. The van der Waals surface area contributed by atoms with Crippen molar-refractivity contribution in [1.29, 1.82) is 0 Å². The highest BCUT2D eigenvalue weighted by Gasteiger charge is 2.10. The van der Waals surface area contributed by atoms with E-state index >= 15 is 0 Å². The van der Waals surface area contributed by atoms with E-state index in [0.29, 0.717) is 39.0 Å². The van der Waals surface area contributed by atoms with E-state index in [1.165, 1.54) is 26.5 Å². The van der Waals surface area contributed by atoms with E-state index in [4.69, 9.17) is 25.8 Å². The van der Waals surface area contributed by atoms with E-state index in [9.17, 15) is 9.59 Å². The molecule has 0 radical (unpaired) electrons. The fourth-order valence-electron chi connectivity index (χ4n) is 2.61. The Bertz CT molecular complexity index is 1110. The maximum Gasteiger partial charge on any atom is 0.343 e. The molecule has 8 heteroatoms. The summed E-state index contributed by atoms with van der Waals surface area (Å²) in [7, 11) is 3.01. The van der Waals surface area contributed by atoms with Crippen molar-refractivity contribution in [3.63, 3.8) is 0 Å². The summed E-state index contributed by atoms with van der Waals surface area (Å²) in [6, 6.07) is 18.0. The first kappa shape index (κ1) is 21.9. The van der Waals surface area contributed by atoms with Gasteiger partial charge in [0.15, 0.2) is 11.5 Å². The van der Waals surface area contributed by atoms with Gasteiger partial charge in [-0.1, -0.05) is 17.7 Å². The zero-order chi connectivity index (χ0) is 22.2. The zero-order valence-corrected chi connectivity index (χ0v) is 17.6. The Morgan fingerprint density at radius 1 is 0.903 bits per heavy atom. The SMILES string of the molecule is COc1ccc(C(=O)N/N=C/c2ccc(OC(=O)c3cccc(Cl)c3)cc2)cc1OC. The fraction of sp³-hybridized carbons (Fsp3) is 0.0870. The number of esters is 1. The van der Waals surface area contributed by atoms with Gasteiger partial charge in [-0.25, -0.2) is 10.2 Å². The van der Waals surface area contributed by atoms with Gasteiger partial charge >= 0.3 is 5.97 Å². The van der Waals surface area contributed by atoms with Crippen LogP contribution < -0.4 is 19.6 Å². The number of benzene rings is 3. The Hall–Kier alpha value is -3.84. The molecule has 3 aromatic rings. The summed E-state index contributed by atoms with van der Waals surface area (Å²) in [5, 5.41) is 4.40. The molecule has 0 saturated carbocycles. The Morgan fingerprint density at radius 2 is 1.65 bits per heavy atom. The molecular formula is C23H19ClN2O5. The van der Waals surface area contributed by atoms with Crippen LogP contribution in [-0.4, -0.2) is 32.3 Å². The van der Waals surface area contributed by atoms with E-state index in [0.717, 1.165) is 0 Å². The molecule has 1 amide bonds. The largest absolute Gasteiger partial charge is 0.493 e. The first-order valence-corrected chi connectivity index (χ1v) is 9.51. The van der Waals surface area contributed by atoms with Gasteiger partial charge in [-0.2, -0.15) is 5.10 Å². The molecule has 1 N–H and O–H groups in total. The predicted octanol–water partition coefficient (Wildman–Crippen LogP) is 4.34. The van der Waals surface area contributed by atoms with Crippen molar-refractivity contribution in [3.8, 4) is 17.2 Å². The lowest BCUT2D eigenvalue weighted by atomic mass is 10.2. The number of methoxy groups -OCH3 is 2. The Morgan fingerprint density at radius 3 is 2.32 bits per heavy atom. The summed E-state index contributed by atoms with van der Waals surface area (Å²) in [5.41, 5.74) is 3.88. The van der Waals surface area contributed by atoms with Crippen LogP contribution in [0.1, 0.15) is 26.3 Å². The third kappa shape index (κ3) is 5.83. The average Bonchev–Trinajstić information content (AvgIpc) is 2.79. The molecule has 31 heavy (non-hydrogen) atoms. The summed E-state index contributed by atoms with van der Waals surface area (Å²) in [5.74, 6) is 0.438. The summed E-state index contributed by atoms with van der Waals surface area (Å²) in [4.78, 5) is 24.4. The van der Waals surface area contributed by atoms with Crippen LogP contribution in [-0.2, 0) is 0 Å². The van der Waals surface area contributed by atoms with Gasteiger partial charge in [0.25, 0.3) is 5.91 Å². The van der Waals surface area contributed by atoms with Crippen LogP contribution in [0, 0.1) is 0 Å². The number of halogens is 1. The number of hydrogen-bond acceptors (Lipinski definition) is 6. The Balaban J connectivity index is 1.58. The molecular weight excluding hydrogens is 420 g/mol. The average molecular weight is 439 g/mol. The molecule has 0 aliphatic heterocycles. The molecule has 0 saturated heterocycles. The lowest BCUT2D eigenvalue weighted by Gasteiger charge is -2.08. The monoisotopic (exact) mass is 438 g/mol. The molecule has 0 aliphatic carbocycles. The first-order valence-electron chi connectivity index (χ1n) is 9.13. The molecule has 3 aromatic carbocycles. The molecule has 3 rings (SSSR count). The van der Waals surface area contributed by atoms with Gasteiger partial charge in [-0.15, -0.1) is 0 Å². The van der Waals surface area contributed by atoms with E-state index in [2.05, 4.69) is 10.5 Å². The number of hydrogen-bond donors (Lipinski definition) is 1. The number of rotatable bonds is 7. The van der Waals surface area contributed by atoms with Gasteiger partial charge < -0.3 is 14.2 Å². The van der Waals surface area contributed by atoms with Crippen LogP contribution in [0.3, 0.4) is 0 Å².